The number of nitrogens with zero attached hydrogens (tertiary/aromatic N) is 3. The lowest BCUT2D eigenvalue weighted by molar-refractivity contribution is -0.117. The van der Waals surface area contributed by atoms with Crippen LogP contribution in [0.2, 0.25) is 0 Å². The highest BCUT2D eigenvalue weighted by atomic mass is 19.1. The zero-order valence-corrected chi connectivity index (χ0v) is 17.3. The maximum atomic E-state index is 15.3. The SMILES string of the molecule is NC(=O)Cc1ccc(CNc2ncnc(N3CCCC3c3ccc4c(=O)c4c3)c2F)cc1. The number of nitrogens with one attached hydrogen (secondary N) is 1. The van der Waals surface area contributed by atoms with Gasteiger partial charge in [0.25, 0.3) is 0 Å². The van der Waals surface area contributed by atoms with E-state index >= 15 is 4.39 Å². The number of anilines is 2. The lowest BCUT2D eigenvalue weighted by Gasteiger charge is -2.26. The smallest absolute Gasteiger partial charge is 0.221 e. The summed E-state index contributed by atoms with van der Waals surface area (Å²) in [6, 6.07) is 13.1. The second-order valence-electron chi connectivity index (χ2n) is 8.16. The number of nitrogens with two attached hydrogens (primary N) is 1. The van der Waals surface area contributed by atoms with Crippen LogP contribution in [0.5, 0.6) is 0 Å². The number of amides is 1. The number of fused-ring (bicyclic) bond motifs is 1. The molecule has 0 aliphatic carbocycles. The van der Waals surface area contributed by atoms with Crippen LogP contribution >= 0.6 is 0 Å². The van der Waals surface area contributed by atoms with Crippen LogP contribution < -0.4 is 21.4 Å². The van der Waals surface area contributed by atoms with Gasteiger partial charge in [0.1, 0.15) is 6.33 Å². The van der Waals surface area contributed by atoms with Gasteiger partial charge in [0.2, 0.25) is 11.7 Å². The molecule has 1 unspecified atom stereocenters. The van der Waals surface area contributed by atoms with Crippen LogP contribution in [0.1, 0.15) is 35.6 Å². The van der Waals surface area contributed by atoms with E-state index < -0.39 is 5.82 Å². The Morgan fingerprint density at radius 2 is 1.91 bits per heavy atom. The minimum Gasteiger partial charge on any atom is -0.369 e. The largest absolute Gasteiger partial charge is 0.369 e. The first-order valence-electron chi connectivity index (χ1n) is 10.6. The van der Waals surface area contributed by atoms with Crippen LogP contribution in [-0.4, -0.2) is 22.4 Å². The Labute approximate surface area is 183 Å². The van der Waals surface area contributed by atoms with Crippen molar-refractivity contribution in [3.8, 4) is 0 Å². The number of carbonyl (C=O) groups excluding carboxylic acids is 1. The van der Waals surface area contributed by atoms with Gasteiger partial charge in [-0.1, -0.05) is 30.3 Å². The monoisotopic (exact) mass is 431 g/mol. The molecular formula is C24H22FN5O2. The zero-order valence-electron chi connectivity index (χ0n) is 17.3. The molecule has 0 radical (unpaired) electrons. The van der Waals surface area contributed by atoms with Crippen LogP contribution in [0.4, 0.5) is 16.0 Å². The normalized spacial score (nSPS) is 16.2. The maximum absolute atomic E-state index is 15.3. The number of rotatable bonds is 7. The Bertz CT molecular complexity index is 1310. The number of primary amides is 1. The van der Waals surface area contributed by atoms with E-state index in [0.29, 0.717) is 13.1 Å². The molecule has 3 aromatic carbocycles. The molecule has 1 fully saturated rings. The van der Waals surface area contributed by atoms with Crippen molar-refractivity contribution >= 4 is 28.3 Å². The van der Waals surface area contributed by atoms with Crippen molar-refractivity contribution in [2.24, 2.45) is 5.73 Å². The van der Waals surface area contributed by atoms with Crippen molar-refractivity contribution in [3.63, 3.8) is 0 Å². The quantitative estimate of drug-likeness (QED) is 0.467. The van der Waals surface area contributed by atoms with E-state index in [1.165, 1.54) is 6.33 Å². The molecule has 1 aliphatic rings. The molecule has 4 aromatic rings. The summed E-state index contributed by atoms with van der Waals surface area (Å²) in [4.78, 5) is 33.0. The molecule has 0 bridgehead atoms. The second kappa shape index (κ2) is 8.03. The number of benzene rings is 2. The van der Waals surface area contributed by atoms with Crippen molar-refractivity contribution in [2.75, 3.05) is 16.8 Å². The summed E-state index contributed by atoms with van der Waals surface area (Å²) in [5.41, 5.74) is 8.08. The van der Waals surface area contributed by atoms with Gasteiger partial charge >= 0.3 is 0 Å². The van der Waals surface area contributed by atoms with Crippen molar-refractivity contribution in [3.05, 3.63) is 81.5 Å². The third-order valence-electron chi connectivity index (χ3n) is 6.01. The molecule has 5 rings (SSSR count). The second-order valence-corrected chi connectivity index (χ2v) is 8.16. The molecule has 0 saturated carbocycles. The van der Waals surface area contributed by atoms with Crippen molar-refractivity contribution < 1.29 is 9.18 Å². The Morgan fingerprint density at radius 3 is 2.66 bits per heavy atom. The van der Waals surface area contributed by atoms with Gasteiger partial charge in [0.05, 0.1) is 12.5 Å². The Balaban J connectivity index is 1.33. The molecule has 7 nitrogen and oxygen atoms in total. The molecule has 8 heteroatoms. The number of halogens is 1. The first kappa shape index (κ1) is 20.1. The molecule has 1 amide bonds. The van der Waals surface area contributed by atoms with E-state index in [-0.39, 0.29) is 35.4 Å². The summed E-state index contributed by atoms with van der Waals surface area (Å²) >= 11 is 0. The number of aromatic nitrogens is 2. The van der Waals surface area contributed by atoms with Gasteiger partial charge in [-0.15, -0.1) is 0 Å². The van der Waals surface area contributed by atoms with E-state index in [0.717, 1.165) is 40.3 Å². The minimum atomic E-state index is -0.493. The fourth-order valence-corrected chi connectivity index (χ4v) is 4.32. The highest BCUT2D eigenvalue weighted by molar-refractivity contribution is 5.97. The van der Waals surface area contributed by atoms with Gasteiger partial charge in [-0.3, -0.25) is 9.59 Å². The topological polar surface area (TPSA) is 101 Å². The third kappa shape index (κ3) is 3.79. The molecule has 1 aliphatic heterocycles. The van der Waals surface area contributed by atoms with Crippen LogP contribution in [0.25, 0.3) is 10.8 Å². The van der Waals surface area contributed by atoms with Gasteiger partial charge in [0, 0.05) is 23.9 Å². The Kier molecular flexibility index (Phi) is 5.05. The Morgan fingerprint density at radius 1 is 1.12 bits per heavy atom. The number of hydrogen-bond donors (Lipinski definition) is 2. The van der Waals surface area contributed by atoms with Crippen LogP contribution in [0, 0.1) is 5.82 Å². The maximum Gasteiger partial charge on any atom is 0.221 e. The van der Waals surface area contributed by atoms with Crippen LogP contribution in [-0.2, 0) is 17.8 Å². The molecule has 162 valence electrons. The standard InChI is InChI=1S/C24H22FN5O2/c25-21-23(27-12-15-5-3-14(4-6-15)10-20(26)31)28-13-29-24(21)30-9-1-2-19(30)16-7-8-17-18(11-16)22(17)32/h3-8,11,13,19H,1-2,9-10,12H2,(H2,26,31)(H,27,28,29). The first-order chi connectivity index (χ1) is 15.5. The lowest BCUT2D eigenvalue weighted by Crippen LogP contribution is -2.25. The number of hydrogen-bond acceptors (Lipinski definition) is 6. The fourth-order valence-electron chi connectivity index (χ4n) is 4.32. The predicted octanol–water partition coefficient (Wildman–Crippen LogP) is 2.99. The van der Waals surface area contributed by atoms with E-state index in [1.54, 1.807) is 0 Å². The molecule has 0 spiro atoms. The molecule has 32 heavy (non-hydrogen) atoms. The van der Waals surface area contributed by atoms with Gasteiger partial charge in [-0.2, -0.15) is 4.39 Å². The molecular weight excluding hydrogens is 409 g/mol. The first-order valence-corrected chi connectivity index (χ1v) is 10.6. The summed E-state index contributed by atoms with van der Waals surface area (Å²) < 4.78 is 15.3. The number of carbonyl (C=O) groups is 1. The average Bonchev–Trinajstić information content (AvgIpc) is 3.19. The van der Waals surface area contributed by atoms with E-state index in [1.807, 2.05) is 47.4 Å². The van der Waals surface area contributed by atoms with Gasteiger partial charge < -0.3 is 16.0 Å². The van der Waals surface area contributed by atoms with Crippen molar-refractivity contribution in [1.29, 1.82) is 0 Å². The van der Waals surface area contributed by atoms with Crippen LogP contribution in [0.3, 0.4) is 0 Å². The zero-order chi connectivity index (χ0) is 22.2. The molecule has 1 saturated heterocycles. The van der Waals surface area contributed by atoms with Gasteiger partial charge in [0.15, 0.2) is 17.1 Å². The molecule has 2 heterocycles. The fraction of sp³-hybridized carbons (Fsp3) is 0.250. The van der Waals surface area contributed by atoms with Crippen molar-refractivity contribution in [1.82, 2.24) is 9.97 Å². The summed E-state index contributed by atoms with van der Waals surface area (Å²) in [6.45, 7) is 1.06. The van der Waals surface area contributed by atoms with E-state index in [2.05, 4.69) is 15.3 Å². The average molecular weight is 431 g/mol. The summed E-state index contributed by atoms with van der Waals surface area (Å²) in [5, 5.41) is 4.59. The minimum absolute atomic E-state index is 0.0243. The predicted molar refractivity (Wildman–Crippen MR) is 121 cm³/mol. The van der Waals surface area contributed by atoms with Crippen LogP contribution in [0.15, 0.2) is 53.6 Å². The highest BCUT2D eigenvalue weighted by Crippen LogP contribution is 2.38. The Hall–Kier alpha value is -3.81. The van der Waals surface area contributed by atoms with Crippen molar-refractivity contribution in [2.45, 2.75) is 31.8 Å². The van der Waals surface area contributed by atoms with Gasteiger partial charge in [-0.05, 0) is 41.7 Å². The van der Waals surface area contributed by atoms with E-state index in [4.69, 9.17) is 5.73 Å². The van der Waals surface area contributed by atoms with Gasteiger partial charge in [-0.25, -0.2) is 9.97 Å². The molecule has 3 N–H and O–H groups in total. The molecule has 1 atom stereocenters. The highest BCUT2D eigenvalue weighted by Gasteiger charge is 2.31. The van der Waals surface area contributed by atoms with E-state index in [9.17, 15) is 9.59 Å². The summed E-state index contributed by atoms with van der Waals surface area (Å²) in [5.74, 6) is -0.477. The summed E-state index contributed by atoms with van der Waals surface area (Å²) in [7, 11) is 0. The summed E-state index contributed by atoms with van der Waals surface area (Å²) in [6.07, 6.45) is 3.34. The lowest BCUT2D eigenvalue weighted by atomic mass is 10.0. The molecule has 1 aromatic heterocycles. The third-order valence-corrected chi connectivity index (χ3v) is 6.01.